The minimum absolute atomic E-state index is 0.704. The maximum atomic E-state index is 5.50. The van der Waals surface area contributed by atoms with Gasteiger partial charge in [0.05, 0.1) is 0 Å². The average Bonchev–Trinajstić information content (AvgIpc) is 2.04. The van der Waals surface area contributed by atoms with E-state index in [1.807, 2.05) is 6.08 Å². The lowest BCUT2D eigenvalue weighted by Gasteiger charge is -2.14. The van der Waals surface area contributed by atoms with Crippen LogP contribution in [0.1, 0.15) is 16.7 Å². The molecule has 0 bridgehead atoms. The fraction of sp³-hybridized carbons (Fsp3) is 0.273. The first-order chi connectivity index (χ1) is 5.77. The van der Waals surface area contributed by atoms with Crippen molar-refractivity contribution in [3.05, 3.63) is 34.9 Å². The molecule has 1 aliphatic rings. The maximum Gasteiger partial charge on any atom is 0.127 e. The molecule has 0 aromatic heterocycles. The minimum atomic E-state index is 0.704. The highest BCUT2D eigenvalue weighted by Crippen LogP contribution is 2.27. The summed E-state index contributed by atoms with van der Waals surface area (Å²) >= 11 is 0. The Labute approximate surface area is 72.7 Å². The van der Waals surface area contributed by atoms with E-state index in [2.05, 4.69) is 32.1 Å². The molecule has 0 aliphatic carbocycles. The van der Waals surface area contributed by atoms with Crippen LogP contribution >= 0.6 is 0 Å². The third-order valence-electron chi connectivity index (χ3n) is 2.11. The van der Waals surface area contributed by atoms with Crippen molar-refractivity contribution < 1.29 is 4.74 Å². The zero-order chi connectivity index (χ0) is 8.55. The zero-order valence-corrected chi connectivity index (χ0v) is 7.42. The summed E-state index contributed by atoms with van der Waals surface area (Å²) < 4.78 is 5.50. The van der Waals surface area contributed by atoms with Crippen LogP contribution in [-0.2, 0) is 0 Å². The van der Waals surface area contributed by atoms with E-state index in [0.717, 1.165) is 5.75 Å². The predicted octanol–water partition coefficient (Wildman–Crippen LogP) is 2.71. The monoisotopic (exact) mass is 160 g/mol. The largest absolute Gasteiger partial charge is 0.489 e. The van der Waals surface area contributed by atoms with Crippen LogP contribution in [0.3, 0.4) is 0 Å². The van der Waals surface area contributed by atoms with Gasteiger partial charge in [-0.3, -0.25) is 0 Å². The minimum Gasteiger partial charge on any atom is -0.489 e. The summed E-state index contributed by atoms with van der Waals surface area (Å²) in [6, 6.07) is 4.27. The summed E-state index contributed by atoms with van der Waals surface area (Å²) in [4.78, 5) is 0. The molecule has 62 valence electrons. The van der Waals surface area contributed by atoms with Crippen LogP contribution in [-0.4, -0.2) is 6.61 Å². The second kappa shape index (κ2) is 2.67. The Balaban J connectivity index is 2.62. The number of ether oxygens (including phenoxy) is 1. The highest BCUT2D eigenvalue weighted by molar-refractivity contribution is 5.63. The van der Waals surface area contributed by atoms with Crippen molar-refractivity contribution in [2.24, 2.45) is 0 Å². The molecule has 0 unspecified atom stereocenters. The molecule has 0 saturated heterocycles. The van der Waals surface area contributed by atoms with Crippen LogP contribution in [0.4, 0.5) is 0 Å². The van der Waals surface area contributed by atoms with Gasteiger partial charge in [-0.15, -0.1) is 0 Å². The van der Waals surface area contributed by atoms with E-state index in [-0.39, 0.29) is 0 Å². The van der Waals surface area contributed by atoms with E-state index < -0.39 is 0 Å². The summed E-state index contributed by atoms with van der Waals surface area (Å²) in [6.45, 7) is 4.91. The second-order valence-electron chi connectivity index (χ2n) is 3.21. The maximum absolute atomic E-state index is 5.50. The smallest absolute Gasteiger partial charge is 0.127 e. The third kappa shape index (κ3) is 1.11. The summed E-state index contributed by atoms with van der Waals surface area (Å²) in [7, 11) is 0. The second-order valence-corrected chi connectivity index (χ2v) is 3.21. The van der Waals surface area contributed by atoms with Crippen LogP contribution in [0.15, 0.2) is 18.2 Å². The van der Waals surface area contributed by atoms with Gasteiger partial charge in [0.25, 0.3) is 0 Å². The molecule has 0 radical (unpaired) electrons. The molecule has 1 heterocycles. The molecule has 0 spiro atoms. The Hall–Kier alpha value is -1.24. The van der Waals surface area contributed by atoms with Crippen LogP contribution < -0.4 is 4.74 Å². The van der Waals surface area contributed by atoms with E-state index in [9.17, 15) is 0 Å². The molecular weight excluding hydrogens is 148 g/mol. The molecule has 1 aliphatic heterocycles. The molecular formula is C11H12O. The lowest BCUT2D eigenvalue weighted by atomic mass is 10.0. The zero-order valence-electron chi connectivity index (χ0n) is 7.42. The van der Waals surface area contributed by atoms with Crippen molar-refractivity contribution in [2.45, 2.75) is 13.8 Å². The molecule has 1 aromatic carbocycles. The highest BCUT2D eigenvalue weighted by Gasteiger charge is 2.07. The summed E-state index contributed by atoms with van der Waals surface area (Å²) in [5.74, 6) is 1.02. The van der Waals surface area contributed by atoms with Gasteiger partial charge in [-0.05, 0) is 37.1 Å². The molecule has 0 N–H and O–H groups in total. The number of fused-ring (bicyclic) bond motifs is 1. The molecule has 0 fully saturated rings. The first-order valence-corrected chi connectivity index (χ1v) is 4.18. The Kier molecular flexibility index (Phi) is 1.65. The Bertz CT molecular complexity index is 337. The fourth-order valence-electron chi connectivity index (χ4n) is 1.58. The molecule has 1 heteroatoms. The molecule has 0 amide bonds. The van der Waals surface area contributed by atoms with Gasteiger partial charge in [-0.1, -0.05) is 12.1 Å². The lowest BCUT2D eigenvalue weighted by molar-refractivity contribution is 0.358. The van der Waals surface area contributed by atoms with E-state index in [0.29, 0.717) is 6.61 Å². The SMILES string of the molecule is Cc1cc(C)c2c(c1)OCC=C2. The summed E-state index contributed by atoms with van der Waals surface area (Å²) in [5, 5.41) is 0. The van der Waals surface area contributed by atoms with E-state index in [1.54, 1.807) is 0 Å². The van der Waals surface area contributed by atoms with Crippen molar-refractivity contribution in [1.82, 2.24) is 0 Å². The lowest BCUT2D eigenvalue weighted by Crippen LogP contribution is -2.01. The van der Waals surface area contributed by atoms with Gasteiger partial charge >= 0.3 is 0 Å². The molecule has 2 rings (SSSR count). The molecule has 1 aromatic rings. The summed E-state index contributed by atoms with van der Waals surface area (Å²) in [5.41, 5.74) is 3.79. The average molecular weight is 160 g/mol. The van der Waals surface area contributed by atoms with E-state index in [1.165, 1.54) is 16.7 Å². The van der Waals surface area contributed by atoms with Gasteiger partial charge in [0.1, 0.15) is 12.4 Å². The first-order valence-electron chi connectivity index (χ1n) is 4.18. The summed E-state index contributed by atoms with van der Waals surface area (Å²) in [6.07, 6.45) is 4.18. The van der Waals surface area contributed by atoms with Crippen molar-refractivity contribution in [3.8, 4) is 5.75 Å². The standard InChI is InChI=1S/C11H12O/c1-8-6-9(2)10-4-3-5-12-11(10)7-8/h3-4,6-7H,5H2,1-2H3. The Morgan fingerprint density at radius 3 is 2.92 bits per heavy atom. The van der Waals surface area contributed by atoms with Gasteiger partial charge in [0, 0.05) is 5.56 Å². The third-order valence-corrected chi connectivity index (χ3v) is 2.11. The Morgan fingerprint density at radius 1 is 1.25 bits per heavy atom. The van der Waals surface area contributed by atoms with Crippen LogP contribution in [0.2, 0.25) is 0 Å². The number of hydrogen-bond donors (Lipinski definition) is 0. The topological polar surface area (TPSA) is 9.23 Å². The van der Waals surface area contributed by atoms with Gasteiger partial charge in [0.2, 0.25) is 0 Å². The van der Waals surface area contributed by atoms with E-state index >= 15 is 0 Å². The fourth-order valence-corrected chi connectivity index (χ4v) is 1.58. The Morgan fingerprint density at radius 2 is 2.08 bits per heavy atom. The van der Waals surface area contributed by atoms with Crippen LogP contribution in [0, 0.1) is 13.8 Å². The first kappa shape index (κ1) is 7.41. The van der Waals surface area contributed by atoms with Crippen molar-refractivity contribution in [2.75, 3.05) is 6.61 Å². The molecule has 0 atom stereocenters. The van der Waals surface area contributed by atoms with Crippen LogP contribution in [0.25, 0.3) is 6.08 Å². The van der Waals surface area contributed by atoms with Crippen molar-refractivity contribution in [1.29, 1.82) is 0 Å². The van der Waals surface area contributed by atoms with Gasteiger partial charge in [-0.25, -0.2) is 0 Å². The van der Waals surface area contributed by atoms with Gasteiger partial charge < -0.3 is 4.74 Å². The molecule has 12 heavy (non-hydrogen) atoms. The van der Waals surface area contributed by atoms with Crippen molar-refractivity contribution in [3.63, 3.8) is 0 Å². The molecule has 1 nitrogen and oxygen atoms in total. The van der Waals surface area contributed by atoms with E-state index in [4.69, 9.17) is 4.74 Å². The normalized spacial score (nSPS) is 13.8. The highest BCUT2D eigenvalue weighted by atomic mass is 16.5. The number of rotatable bonds is 0. The van der Waals surface area contributed by atoms with Crippen molar-refractivity contribution >= 4 is 6.08 Å². The molecule has 0 saturated carbocycles. The van der Waals surface area contributed by atoms with Gasteiger partial charge in [-0.2, -0.15) is 0 Å². The van der Waals surface area contributed by atoms with Gasteiger partial charge in [0.15, 0.2) is 0 Å². The predicted molar refractivity (Wildman–Crippen MR) is 50.4 cm³/mol. The number of aryl methyl sites for hydroxylation is 2. The number of benzene rings is 1. The van der Waals surface area contributed by atoms with Crippen LogP contribution in [0.5, 0.6) is 5.75 Å². The number of hydrogen-bond acceptors (Lipinski definition) is 1. The quantitative estimate of drug-likeness (QED) is 0.567.